The minimum absolute atomic E-state index is 0.205. The van der Waals surface area contributed by atoms with Crippen LogP contribution in [0.5, 0.6) is 0 Å². The molecule has 3 aromatic rings. The highest BCUT2D eigenvalue weighted by Crippen LogP contribution is 2.25. The highest BCUT2D eigenvalue weighted by atomic mass is 19.2. The number of carbonyl (C=O) groups is 1. The van der Waals surface area contributed by atoms with Crippen molar-refractivity contribution in [3.05, 3.63) is 66.0 Å². The maximum Gasteiger partial charge on any atom is 0.331 e. The fourth-order valence-electron chi connectivity index (χ4n) is 2.29. The van der Waals surface area contributed by atoms with Gasteiger partial charge in [-0.05, 0) is 5.56 Å². The molecular weight excluding hydrogens is 278 g/mol. The van der Waals surface area contributed by atoms with Crippen molar-refractivity contribution in [2.24, 2.45) is 0 Å². The summed E-state index contributed by atoms with van der Waals surface area (Å²) >= 11 is 0. The van der Waals surface area contributed by atoms with E-state index in [9.17, 15) is 18.7 Å². The van der Waals surface area contributed by atoms with Crippen LogP contribution in [-0.4, -0.2) is 20.6 Å². The Morgan fingerprint density at radius 3 is 2.48 bits per heavy atom. The van der Waals surface area contributed by atoms with Crippen molar-refractivity contribution in [3.8, 4) is 0 Å². The molecule has 1 N–H and O–H groups in total. The first kappa shape index (κ1) is 13.2. The lowest BCUT2D eigenvalue weighted by Crippen LogP contribution is -2.19. The van der Waals surface area contributed by atoms with Gasteiger partial charge < -0.3 is 9.67 Å². The average molecular weight is 288 g/mol. The number of aromatic nitrogens is 2. The molecule has 0 spiro atoms. The van der Waals surface area contributed by atoms with E-state index in [4.69, 9.17) is 0 Å². The fraction of sp³-hybridized carbons (Fsp3) is 0.0667. The lowest BCUT2D eigenvalue weighted by atomic mass is 10.1. The van der Waals surface area contributed by atoms with Gasteiger partial charge in [-0.2, -0.15) is 0 Å². The van der Waals surface area contributed by atoms with E-state index < -0.39 is 23.6 Å². The quantitative estimate of drug-likeness (QED) is 0.806. The van der Waals surface area contributed by atoms with Gasteiger partial charge in [0.1, 0.15) is 0 Å². The Balaban J connectivity index is 2.21. The summed E-state index contributed by atoms with van der Waals surface area (Å²) in [6.45, 7) is 0. The van der Waals surface area contributed by atoms with Crippen LogP contribution >= 0.6 is 0 Å². The van der Waals surface area contributed by atoms with E-state index in [1.165, 1.54) is 10.9 Å². The van der Waals surface area contributed by atoms with Gasteiger partial charge >= 0.3 is 5.97 Å². The van der Waals surface area contributed by atoms with Crippen LogP contribution in [0.2, 0.25) is 0 Å². The number of nitrogens with zero attached hydrogens (tertiary/aromatic N) is 2. The van der Waals surface area contributed by atoms with E-state index in [-0.39, 0.29) is 11.0 Å². The molecular formula is C15H10F2N2O2. The largest absolute Gasteiger partial charge is 0.479 e. The zero-order valence-corrected chi connectivity index (χ0v) is 10.7. The molecule has 0 saturated heterocycles. The Kier molecular flexibility index (Phi) is 3.13. The number of aliphatic carboxylic acids is 1. The molecule has 0 radical (unpaired) electrons. The summed E-state index contributed by atoms with van der Waals surface area (Å²) in [4.78, 5) is 15.5. The first-order valence-corrected chi connectivity index (χ1v) is 6.17. The van der Waals surface area contributed by atoms with E-state index in [2.05, 4.69) is 4.98 Å². The summed E-state index contributed by atoms with van der Waals surface area (Å²) in [7, 11) is 0. The van der Waals surface area contributed by atoms with Gasteiger partial charge in [0.2, 0.25) is 0 Å². The van der Waals surface area contributed by atoms with Crippen molar-refractivity contribution in [3.63, 3.8) is 0 Å². The molecule has 21 heavy (non-hydrogen) atoms. The van der Waals surface area contributed by atoms with Crippen LogP contribution in [0.25, 0.3) is 11.0 Å². The molecule has 1 heterocycles. The summed E-state index contributed by atoms with van der Waals surface area (Å²) in [5, 5.41) is 9.47. The number of halogens is 2. The van der Waals surface area contributed by atoms with Crippen LogP contribution in [0, 0.1) is 11.6 Å². The first-order valence-electron chi connectivity index (χ1n) is 6.17. The molecule has 1 unspecified atom stereocenters. The standard InChI is InChI=1S/C15H10F2N2O2/c16-10-6-12-13(7-11(10)17)19(8-18-12)14(15(20)21)9-4-2-1-3-5-9/h1-8,14H,(H,20,21). The Labute approximate surface area is 118 Å². The number of imidazole rings is 1. The molecule has 0 aliphatic heterocycles. The lowest BCUT2D eigenvalue weighted by molar-refractivity contribution is -0.139. The molecule has 2 aromatic carbocycles. The molecule has 0 saturated carbocycles. The van der Waals surface area contributed by atoms with Crippen LogP contribution < -0.4 is 0 Å². The Morgan fingerprint density at radius 2 is 1.81 bits per heavy atom. The van der Waals surface area contributed by atoms with Gasteiger partial charge in [0.05, 0.1) is 17.4 Å². The van der Waals surface area contributed by atoms with Gasteiger partial charge in [-0.25, -0.2) is 18.6 Å². The van der Waals surface area contributed by atoms with Crippen LogP contribution in [0.1, 0.15) is 11.6 Å². The summed E-state index contributed by atoms with van der Waals surface area (Å²) in [6, 6.07) is 9.36. The molecule has 4 nitrogen and oxygen atoms in total. The molecule has 1 aromatic heterocycles. The van der Waals surface area contributed by atoms with Crippen molar-refractivity contribution in [1.82, 2.24) is 9.55 Å². The van der Waals surface area contributed by atoms with Gasteiger partial charge in [-0.3, -0.25) is 0 Å². The number of carboxylic acid groups (broad SMARTS) is 1. The van der Waals surface area contributed by atoms with Crippen LogP contribution in [0.3, 0.4) is 0 Å². The number of benzene rings is 2. The average Bonchev–Trinajstić information content (AvgIpc) is 2.83. The van der Waals surface area contributed by atoms with E-state index in [0.29, 0.717) is 5.56 Å². The number of carboxylic acids is 1. The van der Waals surface area contributed by atoms with E-state index in [1.54, 1.807) is 30.3 Å². The highest BCUT2D eigenvalue weighted by Gasteiger charge is 2.24. The molecule has 1 atom stereocenters. The van der Waals surface area contributed by atoms with E-state index >= 15 is 0 Å². The first-order chi connectivity index (χ1) is 10.1. The Morgan fingerprint density at radius 1 is 1.14 bits per heavy atom. The lowest BCUT2D eigenvalue weighted by Gasteiger charge is -2.15. The maximum atomic E-state index is 13.4. The Hall–Kier alpha value is -2.76. The monoisotopic (exact) mass is 288 g/mol. The second kappa shape index (κ2) is 4.97. The predicted octanol–water partition coefficient (Wildman–Crippen LogP) is 2.99. The third-order valence-electron chi connectivity index (χ3n) is 3.24. The maximum absolute atomic E-state index is 13.4. The minimum atomic E-state index is -1.11. The number of rotatable bonds is 3. The molecule has 0 aliphatic carbocycles. The van der Waals surface area contributed by atoms with Crippen LogP contribution in [0.15, 0.2) is 48.8 Å². The number of hydrogen-bond acceptors (Lipinski definition) is 2. The summed E-state index contributed by atoms with van der Waals surface area (Å²) in [5.74, 6) is -3.16. The van der Waals surface area contributed by atoms with Crippen LogP contribution in [0.4, 0.5) is 8.78 Å². The van der Waals surface area contributed by atoms with Gasteiger partial charge in [0.25, 0.3) is 0 Å². The van der Waals surface area contributed by atoms with Gasteiger partial charge in [0, 0.05) is 12.1 Å². The molecule has 106 valence electrons. The molecule has 6 heteroatoms. The topological polar surface area (TPSA) is 55.1 Å². The molecule has 0 bridgehead atoms. The molecule has 0 aliphatic rings. The number of hydrogen-bond donors (Lipinski definition) is 1. The normalized spacial score (nSPS) is 12.5. The summed E-state index contributed by atoms with van der Waals surface area (Å²) in [6.07, 6.45) is 1.27. The van der Waals surface area contributed by atoms with Gasteiger partial charge in [-0.1, -0.05) is 30.3 Å². The second-order valence-corrected chi connectivity index (χ2v) is 4.56. The number of fused-ring (bicyclic) bond motifs is 1. The van der Waals surface area contributed by atoms with Crippen molar-refractivity contribution in [2.75, 3.05) is 0 Å². The second-order valence-electron chi connectivity index (χ2n) is 4.56. The van der Waals surface area contributed by atoms with Gasteiger partial charge in [0.15, 0.2) is 17.7 Å². The predicted molar refractivity (Wildman–Crippen MR) is 71.9 cm³/mol. The van der Waals surface area contributed by atoms with Crippen molar-refractivity contribution in [2.45, 2.75) is 6.04 Å². The molecule has 0 amide bonds. The molecule has 0 fully saturated rings. The summed E-state index contributed by atoms with van der Waals surface area (Å²) in [5.41, 5.74) is 0.954. The third kappa shape index (κ3) is 2.24. The molecule has 3 rings (SSSR count). The SMILES string of the molecule is O=C(O)C(c1ccccc1)n1cnc2cc(F)c(F)cc21. The zero-order chi connectivity index (χ0) is 15.0. The van der Waals surface area contributed by atoms with Gasteiger partial charge in [-0.15, -0.1) is 0 Å². The van der Waals surface area contributed by atoms with Crippen LogP contribution in [-0.2, 0) is 4.79 Å². The van der Waals surface area contributed by atoms with Crippen molar-refractivity contribution in [1.29, 1.82) is 0 Å². The van der Waals surface area contributed by atoms with E-state index in [0.717, 1.165) is 12.1 Å². The minimum Gasteiger partial charge on any atom is -0.479 e. The van der Waals surface area contributed by atoms with E-state index in [1.807, 2.05) is 0 Å². The smallest absolute Gasteiger partial charge is 0.331 e. The highest BCUT2D eigenvalue weighted by molar-refractivity contribution is 5.82. The third-order valence-corrected chi connectivity index (χ3v) is 3.24. The van der Waals surface area contributed by atoms with Crippen molar-refractivity contribution >= 4 is 17.0 Å². The zero-order valence-electron chi connectivity index (χ0n) is 10.7. The fourth-order valence-corrected chi connectivity index (χ4v) is 2.29. The summed E-state index contributed by atoms with van der Waals surface area (Å²) < 4.78 is 27.9. The van der Waals surface area contributed by atoms with Crippen molar-refractivity contribution < 1.29 is 18.7 Å². The Bertz CT molecular complexity index is 815.